The van der Waals surface area contributed by atoms with Gasteiger partial charge in [-0.05, 0) is 56.6 Å². The number of nitrogens with zero attached hydrogens (tertiary/aromatic N) is 5. The number of rotatable bonds is 12. The number of likely N-dealkylation sites (N-methyl/N-ethyl adjacent to an activating group) is 1. The maximum absolute atomic E-state index is 13.3. The van der Waals surface area contributed by atoms with E-state index < -0.39 is 5.91 Å². The SMILES string of the molecule is CCN1CCN(CCCCC(=O)c2ccc(Nc3ncnc4c(C(=O)Nc5c(Cl)c(C)cc(OC)c5Cl)csc34)nc2)CC1. The molecule has 1 aromatic carbocycles. The van der Waals surface area contributed by atoms with Crippen molar-refractivity contribution >= 4 is 73.8 Å². The Bertz CT molecular complexity index is 1640. The van der Waals surface area contributed by atoms with Crippen LogP contribution in [0, 0.1) is 6.92 Å². The summed E-state index contributed by atoms with van der Waals surface area (Å²) in [6.45, 7) is 10.6. The van der Waals surface area contributed by atoms with Crippen molar-refractivity contribution in [1.29, 1.82) is 0 Å². The van der Waals surface area contributed by atoms with Crippen LogP contribution in [0.1, 0.15) is 52.5 Å². The van der Waals surface area contributed by atoms with Gasteiger partial charge in [-0.15, -0.1) is 11.3 Å². The topological polar surface area (TPSA) is 113 Å². The largest absolute Gasteiger partial charge is 0.495 e. The Morgan fingerprint density at radius 3 is 2.52 bits per heavy atom. The number of amides is 1. The molecule has 0 radical (unpaired) electrons. The molecule has 4 heterocycles. The Labute approximate surface area is 270 Å². The zero-order chi connectivity index (χ0) is 31.2. The predicted molar refractivity (Wildman–Crippen MR) is 177 cm³/mol. The highest BCUT2D eigenvalue weighted by Gasteiger charge is 2.22. The van der Waals surface area contributed by atoms with Crippen LogP contribution in [-0.2, 0) is 0 Å². The number of hydrogen-bond donors (Lipinski definition) is 2. The number of ether oxygens (including phenoxy) is 1. The van der Waals surface area contributed by atoms with Crippen molar-refractivity contribution in [1.82, 2.24) is 24.8 Å². The molecule has 4 aromatic rings. The van der Waals surface area contributed by atoms with Gasteiger partial charge in [0.1, 0.15) is 22.9 Å². The number of hydrogen-bond acceptors (Lipinski definition) is 10. The van der Waals surface area contributed by atoms with Crippen LogP contribution in [-0.4, -0.2) is 82.8 Å². The normalized spacial score (nSPS) is 14.1. The summed E-state index contributed by atoms with van der Waals surface area (Å²) in [6.07, 6.45) is 5.33. The van der Waals surface area contributed by atoms with Gasteiger partial charge in [0, 0.05) is 49.7 Å². The lowest BCUT2D eigenvalue weighted by atomic mass is 10.1. The summed E-state index contributed by atoms with van der Waals surface area (Å²) in [7, 11) is 1.50. The lowest BCUT2D eigenvalue weighted by Gasteiger charge is -2.33. The fourth-order valence-corrected chi connectivity index (χ4v) is 6.59. The molecule has 13 heteroatoms. The second-order valence-electron chi connectivity index (χ2n) is 10.6. The standard InChI is InChI=1S/C31H35Cl2N7O3S/c1-4-39-11-13-40(14-12-39)10-6-5-7-22(41)20-8-9-24(34-16-20)37-30-29-27(35-18-36-30)21(17-44-29)31(42)38-28-25(32)19(2)15-23(43-3)26(28)33/h8-9,15-18H,4-7,10-14H2,1-3H3,(H,38,42)(H,34,35,36,37). The van der Waals surface area contributed by atoms with Gasteiger partial charge < -0.3 is 25.2 Å². The van der Waals surface area contributed by atoms with E-state index in [9.17, 15) is 9.59 Å². The van der Waals surface area contributed by atoms with Crippen LogP contribution >= 0.6 is 34.5 Å². The number of methoxy groups -OCH3 is 1. The average molecular weight is 657 g/mol. The van der Waals surface area contributed by atoms with Crippen LogP contribution in [0.15, 0.2) is 36.1 Å². The summed E-state index contributed by atoms with van der Waals surface area (Å²) < 4.78 is 5.98. The average Bonchev–Trinajstić information content (AvgIpc) is 3.49. The molecule has 1 amide bonds. The van der Waals surface area contributed by atoms with E-state index in [1.807, 2.05) is 0 Å². The minimum absolute atomic E-state index is 0.0876. The van der Waals surface area contributed by atoms with Crippen molar-refractivity contribution < 1.29 is 14.3 Å². The van der Waals surface area contributed by atoms with Crippen molar-refractivity contribution in [3.05, 3.63) is 62.8 Å². The molecular formula is C31H35Cl2N7O3S. The van der Waals surface area contributed by atoms with E-state index in [1.165, 1.54) is 24.8 Å². The zero-order valence-corrected chi connectivity index (χ0v) is 27.3. The molecule has 2 N–H and O–H groups in total. The Kier molecular flexibility index (Phi) is 10.7. The van der Waals surface area contributed by atoms with Gasteiger partial charge >= 0.3 is 0 Å². The van der Waals surface area contributed by atoms with Crippen molar-refractivity contribution in [3.8, 4) is 5.75 Å². The number of pyridine rings is 1. The van der Waals surface area contributed by atoms with E-state index in [-0.39, 0.29) is 16.5 Å². The van der Waals surface area contributed by atoms with Gasteiger partial charge in [0.15, 0.2) is 11.6 Å². The third kappa shape index (κ3) is 7.30. The number of aryl methyl sites for hydroxylation is 1. The number of aromatic nitrogens is 3. The van der Waals surface area contributed by atoms with Gasteiger partial charge in [-0.2, -0.15) is 0 Å². The second-order valence-corrected chi connectivity index (χ2v) is 12.3. The number of nitrogens with one attached hydrogen (secondary N) is 2. The Hall–Kier alpha value is -3.35. The molecule has 3 aromatic heterocycles. The molecule has 0 bridgehead atoms. The molecule has 44 heavy (non-hydrogen) atoms. The Morgan fingerprint density at radius 2 is 1.82 bits per heavy atom. The number of thiophene rings is 1. The molecule has 0 saturated carbocycles. The monoisotopic (exact) mass is 655 g/mol. The van der Waals surface area contributed by atoms with Gasteiger partial charge in [0.25, 0.3) is 5.91 Å². The summed E-state index contributed by atoms with van der Waals surface area (Å²) >= 11 is 14.2. The molecule has 1 saturated heterocycles. The molecule has 0 unspecified atom stereocenters. The number of carbonyl (C=O) groups is 2. The highest BCUT2D eigenvalue weighted by molar-refractivity contribution is 7.18. The minimum Gasteiger partial charge on any atom is -0.495 e. The maximum atomic E-state index is 13.3. The smallest absolute Gasteiger partial charge is 0.258 e. The van der Waals surface area contributed by atoms with Crippen molar-refractivity contribution in [2.45, 2.75) is 33.1 Å². The van der Waals surface area contributed by atoms with Crippen LogP contribution in [0.2, 0.25) is 10.0 Å². The highest BCUT2D eigenvalue weighted by atomic mass is 35.5. The summed E-state index contributed by atoms with van der Waals surface area (Å²) in [5.41, 5.74) is 2.38. The van der Waals surface area contributed by atoms with E-state index in [0.29, 0.717) is 55.7 Å². The molecule has 1 aliphatic rings. The van der Waals surface area contributed by atoms with Gasteiger partial charge in [-0.25, -0.2) is 15.0 Å². The second kappa shape index (κ2) is 14.6. The fourth-order valence-electron chi connectivity index (χ4n) is 5.13. The number of unbranched alkanes of at least 4 members (excludes halogenated alkanes) is 1. The van der Waals surface area contributed by atoms with Crippen molar-refractivity contribution in [3.63, 3.8) is 0 Å². The number of benzene rings is 1. The first-order chi connectivity index (χ1) is 21.3. The fraction of sp³-hybridized carbons (Fsp3) is 0.387. The summed E-state index contributed by atoms with van der Waals surface area (Å²) in [4.78, 5) is 44.1. The van der Waals surface area contributed by atoms with E-state index in [4.69, 9.17) is 27.9 Å². The molecule has 232 valence electrons. The van der Waals surface area contributed by atoms with Crippen molar-refractivity contribution in [2.75, 3.05) is 57.0 Å². The van der Waals surface area contributed by atoms with E-state index in [2.05, 4.69) is 42.3 Å². The molecule has 1 aliphatic heterocycles. The number of fused-ring (bicyclic) bond motifs is 1. The zero-order valence-electron chi connectivity index (χ0n) is 25.0. The van der Waals surface area contributed by atoms with Gasteiger partial charge in [0.05, 0.1) is 33.6 Å². The lowest BCUT2D eigenvalue weighted by Crippen LogP contribution is -2.46. The van der Waals surface area contributed by atoms with Crippen LogP contribution in [0.3, 0.4) is 0 Å². The molecule has 0 aliphatic carbocycles. The number of halogens is 2. The molecule has 1 fully saturated rings. The van der Waals surface area contributed by atoms with E-state index in [1.54, 1.807) is 36.7 Å². The predicted octanol–water partition coefficient (Wildman–Crippen LogP) is 6.70. The van der Waals surface area contributed by atoms with Crippen LogP contribution in [0.4, 0.5) is 17.3 Å². The van der Waals surface area contributed by atoms with E-state index >= 15 is 0 Å². The van der Waals surface area contributed by atoms with Crippen LogP contribution in [0.5, 0.6) is 5.75 Å². The number of anilines is 3. The molecule has 0 spiro atoms. The third-order valence-corrected chi connectivity index (χ3v) is 9.62. The number of Topliss-reactive ketones (excluding diaryl/α,β-unsaturated/α-hetero) is 1. The first-order valence-corrected chi connectivity index (χ1v) is 16.2. The molecule has 0 atom stereocenters. The first-order valence-electron chi connectivity index (χ1n) is 14.6. The highest BCUT2D eigenvalue weighted by Crippen LogP contribution is 2.41. The van der Waals surface area contributed by atoms with E-state index in [0.717, 1.165) is 52.1 Å². The molecular weight excluding hydrogens is 621 g/mol. The summed E-state index contributed by atoms with van der Waals surface area (Å²) in [6, 6.07) is 5.24. The Balaban J connectivity index is 1.19. The maximum Gasteiger partial charge on any atom is 0.258 e. The molecule has 10 nitrogen and oxygen atoms in total. The number of carbonyl (C=O) groups excluding carboxylic acids is 2. The van der Waals surface area contributed by atoms with Gasteiger partial charge in [-0.3, -0.25) is 9.59 Å². The summed E-state index contributed by atoms with van der Waals surface area (Å²) in [5.74, 6) is 1.10. The third-order valence-electron chi connectivity index (χ3n) is 7.78. The lowest BCUT2D eigenvalue weighted by molar-refractivity contribution is 0.0973. The number of piperazine rings is 1. The molecule has 5 rings (SSSR count). The van der Waals surface area contributed by atoms with Crippen LogP contribution < -0.4 is 15.4 Å². The van der Waals surface area contributed by atoms with Crippen molar-refractivity contribution in [2.24, 2.45) is 0 Å². The van der Waals surface area contributed by atoms with Gasteiger partial charge in [0.2, 0.25) is 0 Å². The first kappa shape index (κ1) is 32.1. The number of ketones is 1. The quantitative estimate of drug-likeness (QED) is 0.127. The van der Waals surface area contributed by atoms with Gasteiger partial charge in [-0.1, -0.05) is 30.1 Å². The minimum atomic E-state index is -0.419. The Morgan fingerprint density at radius 1 is 1.05 bits per heavy atom. The summed E-state index contributed by atoms with van der Waals surface area (Å²) in [5, 5.41) is 8.24. The van der Waals surface area contributed by atoms with Crippen LogP contribution in [0.25, 0.3) is 10.2 Å².